The number of nitrogens with zero attached hydrogens (tertiary/aromatic N) is 1. The maximum atomic E-state index is 12.0. The van der Waals surface area contributed by atoms with Crippen LogP contribution in [0.3, 0.4) is 0 Å². The first kappa shape index (κ1) is 19.4. The minimum Gasteiger partial charge on any atom is -0.462 e. The maximum absolute atomic E-state index is 12.0. The van der Waals surface area contributed by atoms with Crippen LogP contribution >= 0.6 is 0 Å². The quantitative estimate of drug-likeness (QED) is 0.268. The molecule has 0 aromatic heterocycles. The van der Waals surface area contributed by atoms with Crippen LogP contribution < -0.4 is 0 Å². The third-order valence-corrected chi connectivity index (χ3v) is 2.70. The highest BCUT2D eigenvalue weighted by atomic mass is 16.5. The number of rotatable bonds is 10. The molecule has 0 radical (unpaired) electrons. The molecule has 0 saturated carbocycles. The van der Waals surface area contributed by atoms with Gasteiger partial charge in [0.25, 0.3) is 0 Å². The molecule has 5 heteroatoms. The van der Waals surface area contributed by atoms with Gasteiger partial charge in [0.15, 0.2) is 0 Å². The van der Waals surface area contributed by atoms with Crippen molar-refractivity contribution >= 4 is 11.9 Å². The lowest BCUT2D eigenvalue weighted by molar-refractivity contribution is -0.139. The summed E-state index contributed by atoms with van der Waals surface area (Å²) in [6.07, 6.45) is 4.28. The number of unbranched alkanes of at least 4 members (excludes halogenated alkanes) is 1. The molecule has 0 heterocycles. The highest BCUT2D eigenvalue weighted by Crippen LogP contribution is 2.11. The molecule has 0 aliphatic carbocycles. The van der Waals surface area contributed by atoms with Gasteiger partial charge in [-0.1, -0.05) is 19.9 Å². The molecule has 0 aromatic rings. The molecule has 0 atom stereocenters. The molecule has 5 nitrogen and oxygen atoms in total. The third-order valence-electron chi connectivity index (χ3n) is 2.70. The Kier molecular flexibility index (Phi) is 10.2. The van der Waals surface area contributed by atoms with Crippen LogP contribution in [0.4, 0.5) is 0 Å². The average Bonchev–Trinajstić information content (AvgIpc) is 2.42. The average molecular weight is 297 g/mol. The van der Waals surface area contributed by atoms with E-state index in [1.54, 1.807) is 6.92 Å². The van der Waals surface area contributed by atoms with E-state index >= 15 is 0 Å². The zero-order valence-corrected chi connectivity index (χ0v) is 13.6. The first-order valence-electron chi connectivity index (χ1n) is 7.25. The molecule has 0 aliphatic heterocycles. The minimum atomic E-state index is -0.538. The van der Waals surface area contributed by atoms with Gasteiger partial charge in [-0.05, 0) is 40.3 Å². The van der Waals surface area contributed by atoms with Crippen LogP contribution in [0.25, 0.3) is 0 Å². The van der Waals surface area contributed by atoms with E-state index in [-0.39, 0.29) is 0 Å². The molecule has 0 N–H and O–H groups in total. The number of hydrogen-bond acceptors (Lipinski definition) is 5. The summed E-state index contributed by atoms with van der Waals surface area (Å²) >= 11 is 0. The van der Waals surface area contributed by atoms with E-state index in [0.29, 0.717) is 24.2 Å². The minimum absolute atomic E-state index is 0.292. The zero-order valence-electron chi connectivity index (χ0n) is 13.6. The van der Waals surface area contributed by atoms with Gasteiger partial charge >= 0.3 is 11.9 Å². The zero-order chi connectivity index (χ0) is 16.3. The maximum Gasteiger partial charge on any atom is 0.337 e. The van der Waals surface area contributed by atoms with Gasteiger partial charge in [-0.15, -0.1) is 0 Å². The van der Waals surface area contributed by atoms with E-state index in [0.717, 1.165) is 25.8 Å². The van der Waals surface area contributed by atoms with Crippen LogP contribution in [0.2, 0.25) is 0 Å². The molecule has 0 aliphatic rings. The molecule has 0 amide bonds. The predicted molar refractivity (Wildman–Crippen MR) is 82.6 cm³/mol. The Morgan fingerprint density at radius 1 is 1.19 bits per heavy atom. The molecule has 0 rings (SSSR count). The predicted octanol–water partition coefficient (Wildman–Crippen LogP) is 2.67. The SMILES string of the molecule is C=C(C)C(=O)O/C=C(\CCCC)C(=O)OCCCN(C)C. The molecule has 0 aromatic carbocycles. The third kappa shape index (κ3) is 9.85. The van der Waals surface area contributed by atoms with Gasteiger partial charge in [-0.3, -0.25) is 0 Å². The largest absolute Gasteiger partial charge is 0.462 e. The van der Waals surface area contributed by atoms with E-state index < -0.39 is 11.9 Å². The Balaban J connectivity index is 4.44. The van der Waals surface area contributed by atoms with E-state index in [2.05, 4.69) is 6.58 Å². The summed E-state index contributed by atoms with van der Waals surface area (Å²) in [4.78, 5) is 25.3. The first-order valence-corrected chi connectivity index (χ1v) is 7.25. The summed E-state index contributed by atoms with van der Waals surface area (Å²) in [6, 6.07) is 0. The van der Waals surface area contributed by atoms with Gasteiger partial charge in [-0.25, -0.2) is 9.59 Å². The van der Waals surface area contributed by atoms with E-state index in [1.165, 1.54) is 6.26 Å². The summed E-state index contributed by atoms with van der Waals surface area (Å²) in [5.41, 5.74) is 0.678. The van der Waals surface area contributed by atoms with Crippen LogP contribution in [0.15, 0.2) is 24.0 Å². The second-order valence-electron chi connectivity index (χ2n) is 5.23. The number of carbonyl (C=O) groups is 2. The van der Waals surface area contributed by atoms with Crippen molar-refractivity contribution < 1.29 is 19.1 Å². The van der Waals surface area contributed by atoms with Crippen molar-refractivity contribution in [3.8, 4) is 0 Å². The Morgan fingerprint density at radius 3 is 2.38 bits per heavy atom. The second-order valence-corrected chi connectivity index (χ2v) is 5.23. The molecule has 0 spiro atoms. The van der Waals surface area contributed by atoms with Gasteiger partial charge in [0.05, 0.1) is 12.2 Å². The van der Waals surface area contributed by atoms with Gasteiger partial charge in [0.2, 0.25) is 0 Å². The smallest absolute Gasteiger partial charge is 0.337 e. The van der Waals surface area contributed by atoms with Crippen molar-refractivity contribution in [2.45, 2.75) is 39.5 Å². The molecular weight excluding hydrogens is 270 g/mol. The Morgan fingerprint density at radius 2 is 1.86 bits per heavy atom. The van der Waals surface area contributed by atoms with E-state index in [4.69, 9.17) is 9.47 Å². The molecule has 21 heavy (non-hydrogen) atoms. The Bertz CT molecular complexity index is 386. The van der Waals surface area contributed by atoms with Crippen molar-refractivity contribution in [1.82, 2.24) is 4.90 Å². The highest BCUT2D eigenvalue weighted by molar-refractivity contribution is 5.90. The normalized spacial score (nSPS) is 11.4. The summed E-state index contributed by atoms with van der Waals surface area (Å²) in [5, 5.41) is 0. The number of hydrogen-bond donors (Lipinski definition) is 0. The molecular formula is C16H27NO4. The topological polar surface area (TPSA) is 55.8 Å². The van der Waals surface area contributed by atoms with E-state index in [9.17, 15) is 9.59 Å². The molecule has 0 saturated heterocycles. The standard InChI is InChI=1S/C16H27NO4/c1-6-7-9-14(12-21-15(18)13(2)3)16(19)20-11-8-10-17(4)5/h12H,2,6-11H2,1,3-5H3/b14-12+. The fourth-order valence-electron chi connectivity index (χ4n) is 1.44. The summed E-state index contributed by atoms with van der Waals surface area (Å²) < 4.78 is 10.1. The second kappa shape index (κ2) is 11.1. The summed E-state index contributed by atoms with van der Waals surface area (Å²) in [6.45, 7) is 8.29. The number of ether oxygens (including phenoxy) is 2. The lowest BCUT2D eigenvalue weighted by atomic mass is 10.1. The molecule has 0 unspecified atom stereocenters. The van der Waals surface area contributed by atoms with Crippen LogP contribution in [0.5, 0.6) is 0 Å². The fourth-order valence-corrected chi connectivity index (χ4v) is 1.44. The van der Waals surface area contributed by atoms with Crippen LogP contribution in [-0.4, -0.2) is 44.1 Å². The molecule has 120 valence electrons. The van der Waals surface area contributed by atoms with Crippen LogP contribution in [0.1, 0.15) is 39.5 Å². The van der Waals surface area contributed by atoms with Crippen LogP contribution in [-0.2, 0) is 19.1 Å². The van der Waals surface area contributed by atoms with Gasteiger partial charge < -0.3 is 14.4 Å². The van der Waals surface area contributed by atoms with Gasteiger partial charge in [0, 0.05) is 12.1 Å². The highest BCUT2D eigenvalue weighted by Gasteiger charge is 2.13. The first-order chi connectivity index (χ1) is 9.88. The lowest BCUT2D eigenvalue weighted by Crippen LogP contribution is -2.17. The Hall–Kier alpha value is -1.62. The van der Waals surface area contributed by atoms with Crippen molar-refractivity contribution in [3.63, 3.8) is 0 Å². The number of esters is 2. The van der Waals surface area contributed by atoms with Crippen molar-refractivity contribution in [2.24, 2.45) is 0 Å². The van der Waals surface area contributed by atoms with Gasteiger partial charge in [-0.2, -0.15) is 0 Å². The lowest BCUT2D eigenvalue weighted by Gasteiger charge is -2.11. The summed E-state index contributed by atoms with van der Waals surface area (Å²) in [7, 11) is 3.93. The monoisotopic (exact) mass is 297 g/mol. The fraction of sp³-hybridized carbons (Fsp3) is 0.625. The molecule has 0 fully saturated rings. The van der Waals surface area contributed by atoms with Crippen molar-refractivity contribution in [3.05, 3.63) is 24.0 Å². The molecule has 0 bridgehead atoms. The van der Waals surface area contributed by atoms with Crippen LogP contribution in [0, 0.1) is 0 Å². The van der Waals surface area contributed by atoms with Crippen molar-refractivity contribution in [2.75, 3.05) is 27.2 Å². The number of carbonyl (C=O) groups excluding carboxylic acids is 2. The Labute approximate surface area is 127 Å². The van der Waals surface area contributed by atoms with E-state index in [1.807, 2.05) is 25.9 Å². The summed E-state index contributed by atoms with van der Waals surface area (Å²) in [5.74, 6) is -0.957. The van der Waals surface area contributed by atoms with Gasteiger partial charge in [0.1, 0.15) is 6.26 Å². The van der Waals surface area contributed by atoms with Crippen molar-refractivity contribution in [1.29, 1.82) is 0 Å².